The Morgan fingerprint density at radius 1 is 1.15 bits per heavy atom. The lowest BCUT2D eigenvalue weighted by Gasteiger charge is -2.63. The van der Waals surface area contributed by atoms with E-state index in [0.717, 1.165) is 30.7 Å². The number of nitrogens with zero attached hydrogens (tertiary/aromatic N) is 2. The summed E-state index contributed by atoms with van der Waals surface area (Å²) in [5.74, 6) is 0. The first-order valence-electron chi connectivity index (χ1n) is 10.2. The SMILES string of the molecule is CC1=CC2(C)N=C3/C(=N\NC(C)C)C4=CCCC=C4c4ccc5c(c43)C12C5. The maximum atomic E-state index is 5.37. The first-order valence-corrected chi connectivity index (χ1v) is 10.2. The van der Waals surface area contributed by atoms with Gasteiger partial charge in [0.15, 0.2) is 0 Å². The van der Waals surface area contributed by atoms with Gasteiger partial charge in [-0.05, 0) is 69.2 Å². The van der Waals surface area contributed by atoms with E-state index in [1.54, 1.807) is 0 Å². The zero-order valence-corrected chi connectivity index (χ0v) is 16.5. The molecular weight excluding hydrogens is 330 g/mol. The average molecular weight is 355 g/mol. The summed E-state index contributed by atoms with van der Waals surface area (Å²) in [5.41, 5.74) is 15.3. The number of hydrazone groups is 1. The molecule has 1 aromatic carbocycles. The van der Waals surface area contributed by atoms with Gasteiger partial charge in [0.25, 0.3) is 0 Å². The summed E-state index contributed by atoms with van der Waals surface area (Å²) >= 11 is 0. The quantitative estimate of drug-likeness (QED) is 0.617. The van der Waals surface area contributed by atoms with Crippen molar-refractivity contribution in [3.63, 3.8) is 0 Å². The number of rotatable bonds is 2. The van der Waals surface area contributed by atoms with Gasteiger partial charge in [-0.15, -0.1) is 0 Å². The van der Waals surface area contributed by atoms with Crippen LogP contribution in [0.15, 0.2) is 51.6 Å². The van der Waals surface area contributed by atoms with Crippen molar-refractivity contribution in [2.75, 3.05) is 0 Å². The first-order chi connectivity index (χ1) is 13.0. The van der Waals surface area contributed by atoms with Gasteiger partial charge in [0.05, 0.1) is 11.3 Å². The van der Waals surface area contributed by atoms with Gasteiger partial charge in [-0.3, -0.25) is 4.99 Å². The smallest absolute Gasteiger partial charge is 0.116 e. The molecule has 3 heteroatoms. The van der Waals surface area contributed by atoms with Crippen molar-refractivity contribution in [1.82, 2.24) is 5.43 Å². The van der Waals surface area contributed by atoms with E-state index in [4.69, 9.17) is 10.1 Å². The van der Waals surface area contributed by atoms with Crippen LogP contribution in [0.5, 0.6) is 0 Å². The Labute approximate surface area is 160 Å². The molecule has 1 aliphatic heterocycles. The zero-order valence-electron chi connectivity index (χ0n) is 16.5. The number of aliphatic imine (C=N–C) groups is 1. The number of benzene rings is 1. The standard InChI is InChI=1S/C24H25N3/c1-13(2)26-27-21-18-8-6-5-7-16(18)17-10-9-15-12-24-14(3)11-23(24,4)25-22(21)19(17)20(15)24/h7-11,13,26H,5-6,12H2,1-4H3/b27-21-. The highest BCUT2D eigenvalue weighted by Crippen LogP contribution is 2.65. The second kappa shape index (κ2) is 4.70. The van der Waals surface area contributed by atoms with Crippen molar-refractivity contribution < 1.29 is 0 Å². The van der Waals surface area contributed by atoms with Crippen LogP contribution in [0.3, 0.4) is 0 Å². The third-order valence-corrected chi connectivity index (χ3v) is 7.15. The van der Waals surface area contributed by atoms with E-state index >= 15 is 0 Å². The monoisotopic (exact) mass is 355 g/mol. The topological polar surface area (TPSA) is 36.8 Å². The fraction of sp³-hybridized carbons (Fsp3) is 0.417. The lowest BCUT2D eigenvalue weighted by Crippen LogP contribution is -2.65. The molecule has 0 bridgehead atoms. The van der Waals surface area contributed by atoms with Crippen LogP contribution in [-0.2, 0) is 11.8 Å². The second-order valence-corrected chi connectivity index (χ2v) is 9.10. The molecule has 2 atom stereocenters. The minimum absolute atomic E-state index is 0.125. The first kappa shape index (κ1) is 15.6. The van der Waals surface area contributed by atoms with Crippen LogP contribution >= 0.6 is 0 Å². The summed E-state index contributed by atoms with van der Waals surface area (Å²) in [6.07, 6.45) is 10.4. The van der Waals surface area contributed by atoms with Crippen LogP contribution in [-0.4, -0.2) is 23.0 Å². The number of fused-ring (bicyclic) bond motifs is 2. The maximum Gasteiger partial charge on any atom is 0.116 e. The van der Waals surface area contributed by atoms with Gasteiger partial charge in [-0.25, -0.2) is 0 Å². The number of allylic oxidation sites excluding steroid dienone is 4. The van der Waals surface area contributed by atoms with Crippen LogP contribution in [0.25, 0.3) is 5.57 Å². The highest BCUT2D eigenvalue weighted by atomic mass is 15.3. The van der Waals surface area contributed by atoms with E-state index in [-0.39, 0.29) is 11.0 Å². The lowest BCUT2D eigenvalue weighted by molar-refractivity contribution is 0.247. The van der Waals surface area contributed by atoms with Crippen LogP contribution < -0.4 is 5.43 Å². The number of hydrogen-bond donors (Lipinski definition) is 1. The van der Waals surface area contributed by atoms with Crippen molar-refractivity contribution in [2.45, 2.75) is 64.0 Å². The molecule has 6 rings (SSSR count). The summed E-state index contributed by atoms with van der Waals surface area (Å²) in [6, 6.07) is 4.99. The van der Waals surface area contributed by atoms with Crippen molar-refractivity contribution in [2.24, 2.45) is 10.1 Å². The van der Waals surface area contributed by atoms with Gasteiger partial charge < -0.3 is 5.43 Å². The summed E-state index contributed by atoms with van der Waals surface area (Å²) in [4.78, 5) is 5.37. The predicted molar refractivity (Wildman–Crippen MR) is 112 cm³/mol. The van der Waals surface area contributed by atoms with Gasteiger partial charge in [0.2, 0.25) is 0 Å². The Morgan fingerprint density at radius 3 is 2.67 bits per heavy atom. The molecule has 1 heterocycles. The largest absolute Gasteiger partial charge is 0.307 e. The van der Waals surface area contributed by atoms with Crippen LogP contribution in [0, 0.1) is 0 Å². The van der Waals surface area contributed by atoms with E-state index in [0.29, 0.717) is 6.04 Å². The number of hydrogen-bond acceptors (Lipinski definition) is 3. The van der Waals surface area contributed by atoms with E-state index in [1.165, 1.54) is 39.0 Å². The molecule has 5 aliphatic rings. The molecule has 0 aromatic heterocycles. The molecule has 136 valence electrons. The van der Waals surface area contributed by atoms with Crippen molar-refractivity contribution in [3.8, 4) is 0 Å². The maximum absolute atomic E-state index is 5.37. The van der Waals surface area contributed by atoms with E-state index in [9.17, 15) is 0 Å². The molecule has 0 saturated heterocycles. The molecule has 0 saturated carbocycles. The summed E-state index contributed by atoms with van der Waals surface area (Å²) in [6.45, 7) is 8.85. The molecule has 3 nitrogen and oxygen atoms in total. The Hall–Kier alpha value is -2.42. The van der Waals surface area contributed by atoms with Gasteiger partial charge in [0, 0.05) is 22.6 Å². The Balaban J connectivity index is 1.69. The molecule has 0 amide bonds. The Kier molecular flexibility index (Phi) is 2.72. The molecule has 2 unspecified atom stereocenters. The van der Waals surface area contributed by atoms with E-state index < -0.39 is 0 Å². The Bertz CT molecular complexity index is 1080. The highest BCUT2D eigenvalue weighted by Gasteiger charge is 2.65. The minimum atomic E-state index is -0.125. The van der Waals surface area contributed by atoms with Crippen molar-refractivity contribution in [1.29, 1.82) is 0 Å². The van der Waals surface area contributed by atoms with Crippen LogP contribution in [0.1, 0.15) is 62.8 Å². The summed E-state index contributed by atoms with van der Waals surface area (Å²) < 4.78 is 0. The zero-order chi connectivity index (χ0) is 18.6. The third-order valence-electron chi connectivity index (χ3n) is 7.15. The van der Waals surface area contributed by atoms with E-state index in [2.05, 4.69) is 63.5 Å². The molecule has 0 fully saturated rings. The normalized spacial score (nSPS) is 32.9. The highest BCUT2D eigenvalue weighted by molar-refractivity contribution is 6.59. The number of nitrogens with one attached hydrogen (secondary N) is 1. The van der Waals surface area contributed by atoms with Crippen LogP contribution in [0.2, 0.25) is 0 Å². The fourth-order valence-electron chi connectivity index (χ4n) is 5.95. The molecule has 27 heavy (non-hydrogen) atoms. The van der Waals surface area contributed by atoms with E-state index in [1.807, 2.05) is 0 Å². The van der Waals surface area contributed by atoms with Crippen molar-refractivity contribution >= 4 is 17.0 Å². The van der Waals surface area contributed by atoms with Gasteiger partial charge in [-0.1, -0.05) is 35.9 Å². The van der Waals surface area contributed by atoms with Gasteiger partial charge >= 0.3 is 0 Å². The van der Waals surface area contributed by atoms with Crippen molar-refractivity contribution in [3.05, 3.63) is 63.8 Å². The molecule has 1 spiro atoms. The summed E-state index contributed by atoms with van der Waals surface area (Å²) in [7, 11) is 0. The molecular formula is C24H25N3. The third kappa shape index (κ3) is 1.61. The Morgan fingerprint density at radius 2 is 1.93 bits per heavy atom. The lowest BCUT2D eigenvalue weighted by atomic mass is 9.42. The second-order valence-electron chi connectivity index (χ2n) is 9.10. The molecule has 0 radical (unpaired) electrons. The summed E-state index contributed by atoms with van der Waals surface area (Å²) in [5, 5.41) is 4.88. The molecule has 1 N–H and O–H groups in total. The van der Waals surface area contributed by atoms with Gasteiger partial charge in [0.1, 0.15) is 5.71 Å². The average Bonchev–Trinajstić information content (AvgIpc) is 2.60. The fourth-order valence-corrected chi connectivity index (χ4v) is 5.95. The van der Waals surface area contributed by atoms with Gasteiger partial charge in [-0.2, -0.15) is 5.10 Å². The van der Waals surface area contributed by atoms with Crippen LogP contribution in [0.4, 0.5) is 0 Å². The molecule has 4 aliphatic carbocycles. The predicted octanol–water partition coefficient (Wildman–Crippen LogP) is 4.47. The minimum Gasteiger partial charge on any atom is -0.307 e. The molecule has 1 aromatic rings.